The minimum atomic E-state index is 0.221. The molecule has 1 atom stereocenters. The Kier molecular flexibility index (Phi) is 12.2. The number of likely N-dealkylation sites (tertiary alicyclic amines) is 1. The molecular formula is C29H49N3O. The van der Waals surface area contributed by atoms with Gasteiger partial charge in [0.1, 0.15) is 0 Å². The van der Waals surface area contributed by atoms with Gasteiger partial charge in [-0.2, -0.15) is 0 Å². The van der Waals surface area contributed by atoms with Gasteiger partial charge in [0.2, 0.25) is 5.91 Å². The highest BCUT2D eigenvalue weighted by Crippen LogP contribution is 2.32. The highest BCUT2D eigenvalue weighted by molar-refractivity contribution is 6.03. The molecule has 1 heterocycles. The van der Waals surface area contributed by atoms with E-state index in [1.54, 1.807) is 0 Å². The van der Waals surface area contributed by atoms with Crippen molar-refractivity contribution in [3.8, 4) is 0 Å². The molecule has 1 aliphatic heterocycles. The van der Waals surface area contributed by atoms with Crippen LogP contribution in [0.25, 0.3) is 0 Å². The van der Waals surface area contributed by atoms with E-state index < -0.39 is 0 Å². The standard InChI is InChI=1S/C29H49N3O/c1-6-13-23(4)29(24(5)20-25-14-10-9-11-15-25)27(30)17-18-28(33)32-19-12-16-26(22-32)21-31(7-2)8-3/h6,13,25-26,30H,1,7-12,14-22H2,2-5H3/b23-13-,29-24-,30-27?. The molecule has 4 heteroatoms. The van der Waals surface area contributed by atoms with Gasteiger partial charge in [-0.1, -0.05) is 70.3 Å². The quantitative estimate of drug-likeness (QED) is 0.260. The Labute approximate surface area is 203 Å². The maximum Gasteiger partial charge on any atom is 0.222 e. The van der Waals surface area contributed by atoms with E-state index in [0.717, 1.165) is 62.6 Å². The molecule has 1 aliphatic carbocycles. The molecule has 2 rings (SSSR count). The molecule has 0 aromatic heterocycles. The lowest BCUT2D eigenvalue weighted by atomic mass is 9.82. The summed E-state index contributed by atoms with van der Waals surface area (Å²) < 4.78 is 0. The Bertz CT molecular complexity index is 710. The number of amides is 1. The van der Waals surface area contributed by atoms with E-state index in [-0.39, 0.29) is 5.91 Å². The van der Waals surface area contributed by atoms with Crippen LogP contribution >= 0.6 is 0 Å². The summed E-state index contributed by atoms with van der Waals surface area (Å²) in [6.07, 6.45) is 14.8. The van der Waals surface area contributed by atoms with Gasteiger partial charge in [0, 0.05) is 31.8 Å². The van der Waals surface area contributed by atoms with E-state index in [1.165, 1.54) is 44.1 Å². The van der Waals surface area contributed by atoms with Crippen LogP contribution in [-0.4, -0.2) is 54.1 Å². The second-order valence-corrected chi connectivity index (χ2v) is 10.3. The molecule has 1 N–H and O–H groups in total. The van der Waals surface area contributed by atoms with Crippen molar-refractivity contribution >= 4 is 11.6 Å². The van der Waals surface area contributed by atoms with E-state index in [9.17, 15) is 4.79 Å². The van der Waals surface area contributed by atoms with Crippen LogP contribution < -0.4 is 0 Å². The first kappa shape index (κ1) is 27.6. The summed E-state index contributed by atoms with van der Waals surface area (Å²) in [5, 5.41) is 8.88. The second-order valence-electron chi connectivity index (χ2n) is 10.3. The minimum absolute atomic E-state index is 0.221. The van der Waals surface area contributed by atoms with Crippen LogP contribution in [-0.2, 0) is 4.79 Å². The number of allylic oxidation sites excluding steroid dienone is 5. The van der Waals surface area contributed by atoms with Crippen molar-refractivity contribution in [2.24, 2.45) is 11.8 Å². The molecule has 0 bridgehead atoms. The molecule has 0 radical (unpaired) electrons. The number of carbonyl (C=O) groups is 1. The number of nitrogens with zero attached hydrogens (tertiary/aromatic N) is 2. The van der Waals surface area contributed by atoms with E-state index in [0.29, 0.717) is 24.5 Å². The van der Waals surface area contributed by atoms with Crippen LogP contribution in [0.3, 0.4) is 0 Å². The van der Waals surface area contributed by atoms with Crippen LogP contribution in [0.4, 0.5) is 0 Å². The van der Waals surface area contributed by atoms with Gasteiger partial charge in [-0.3, -0.25) is 4.79 Å². The molecule has 1 saturated carbocycles. The first-order valence-electron chi connectivity index (χ1n) is 13.5. The second kappa shape index (κ2) is 14.6. The average Bonchev–Trinajstić information content (AvgIpc) is 2.82. The maximum absolute atomic E-state index is 13.0. The summed E-state index contributed by atoms with van der Waals surface area (Å²) in [6.45, 7) is 17.6. The molecule has 186 valence electrons. The lowest BCUT2D eigenvalue weighted by Gasteiger charge is -2.35. The molecule has 2 aliphatic rings. The monoisotopic (exact) mass is 455 g/mol. The largest absolute Gasteiger partial charge is 0.342 e. The molecule has 0 aromatic carbocycles. The summed E-state index contributed by atoms with van der Waals surface area (Å²) in [6, 6.07) is 0. The first-order chi connectivity index (χ1) is 15.9. The zero-order chi connectivity index (χ0) is 24.2. The highest BCUT2D eigenvalue weighted by Gasteiger charge is 2.25. The fraction of sp³-hybridized carbons (Fsp3) is 0.724. The summed E-state index contributed by atoms with van der Waals surface area (Å²) in [4.78, 5) is 17.6. The van der Waals surface area contributed by atoms with Gasteiger partial charge >= 0.3 is 0 Å². The zero-order valence-electron chi connectivity index (χ0n) is 21.9. The summed E-state index contributed by atoms with van der Waals surface area (Å²) >= 11 is 0. The molecule has 4 nitrogen and oxygen atoms in total. The summed E-state index contributed by atoms with van der Waals surface area (Å²) in [5.41, 5.74) is 4.09. The van der Waals surface area contributed by atoms with Crippen LogP contribution in [0.2, 0.25) is 0 Å². The van der Waals surface area contributed by atoms with Crippen molar-refractivity contribution < 1.29 is 4.79 Å². The number of hydrogen-bond donors (Lipinski definition) is 1. The van der Waals surface area contributed by atoms with Crippen molar-refractivity contribution in [3.63, 3.8) is 0 Å². The topological polar surface area (TPSA) is 47.4 Å². The third-order valence-electron chi connectivity index (χ3n) is 7.68. The number of hydrogen-bond acceptors (Lipinski definition) is 3. The van der Waals surface area contributed by atoms with Gasteiger partial charge in [-0.15, -0.1) is 0 Å². The van der Waals surface area contributed by atoms with Gasteiger partial charge in [0.05, 0.1) is 0 Å². The Morgan fingerprint density at radius 3 is 2.33 bits per heavy atom. The average molecular weight is 456 g/mol. The predicted octanol–water partition coefficient (Wildman–Crippen LogP) is 6.79. The van der Waals surface area contributed by atoms with Crippen LogP contribution in [0, 0.1) is 17.2 Å². The number of carbonyl (C=O) groups excluding carboxylic acids is 1. The first-order valence-corrected chi connectivity index (χ1v) is 13.5. The normalized spacial score (nSPS) is 21.2. The van der Waals surface area contributed by atoms with Gasteiger partial charge in [0.25, 0.3) is 0 Å². The fourth-order valence-corrected chi connectivity index (χ4v) is 5.82. The molecule has 2 fully saturated rings. The van der Waals surface area contributed by atoms with E-state index >= 15 is 0 Å². The highest BCUT2D eigenvalue weighted by atomic mass is 16.2. The van der Waals surface area contributed by atoms with Crippen LogP contribution in [0.5, 0.6) is 0 Å². The van der Waals surface area contributed by atoms with Gasteiger partial charge in [-0.25, -0.2) is 0 Å². The van der Waals surface area contributed by atoms with E-state index in [1.807, 2.05) is 12.2 Å². The third kappa shape index (κ3) is 8.88. The van der Waals surface area contributed by atoms with E-state index in [2.05, 4.69) is 44.1 Å². The summed E-state index contributed by atoms with van der Waals surface area (Å²) in [5.74, 6) is 1.54. The molecule has 0 spiro atoms. The fourth-order valence-electron chi connectivity index (χ4n) is 5.82. The SMILES string of the molecule is C=C/C=C(C)\C(C(=N)CCC(=O)N1CCCC(CN(CC)CC)C1)=C(/C)CC1CCCCC1. The molecule has 1 unspecified atom stereocenters. The van der Waals surface area contributed by atoms with Gasteiger partial charge in [-0.05, 0) is 75.6 Å². The third-order valence-corrected chi connectivity index (χ3v) is 7.68. The van der Waals surface area contributed by atoms with Crippen molar-refractivity contribution in [1.82, 2.24) is 9.80 Å². The predicted molar refractivity (Wildman–Crippen MR) is 142 cm³/mol. The van der Waals surface area contributed by atoms with Gasteiger partial charge in [0.15, 0.2) is 0 Å². The van der Waals surface area contributed by atoms with Crippen molar-refractivity contribution in [3.05, 3.63) is 35.5 Å². The molecule has 33 heavy (non-hydrogen) atoms. The number of nitrogens with one attached hydrogen (secondary N) is 1. The Hall–Kier alpha value is -1.68. The Balaban J connectivity index is 1.99. The van der Waals surface area contributed by atoms with Crippen molar-refractivity contribution in [1.29, 1.82) is 5.41 Å². The van der Waals surface area contributed by atoms with Crippen molar-refractivity contribution in [2.75, 3.05) is 32.7 Å². The van der Waals surface area contributed by atoms with E-state index in [4.69, 9.17) is 5.41 Å². The van der Waals surface area contributed by atoms with Crippen LogP contribution in [0.1, 0.15) is 91.9 Å². The Morgan fingerprint density at radius 1 is 1.03 bits per heavy atom. The lowest BCUT2D eigenvalue weighted by molar-refractivity contribution is -0.133. The van der Waals surface area contributed by atoms with Crippen LogP contribution in [0.15, 0.2) is 35.5 Å². The lowest BCUT2D eigenvalue weighted by Crippen LogP contribution is -2.43. The molecule has 1 amide bonds. The summed E-state index contributed by atoms with van der Waals surface area (Å²) in [7, 11) is 0. The number of rotatable bonds is 12. The maximum atomic E-state index is 13.0. The molecule has 1 saturated heterocycles. The number of piperidine rings is 1. The molecular weight excluding hydrogens is 406 g/mol. The van der Waals surface area contributed by atoms with Gasteiger partial charge < -0.3 is 15.2 Å². The van der Waals surface area contributed by atoms with Crippen molar-refractivity contribution in [2.45, 2.75) is 91.9 Å². The minimum Gasteiger partial charge on any atom is -0.342 e. The zero-order valence-corrected chi connectivity index (χ0v) is 21.9. The molecule has 0 aromatic rings. The smallest absolute Gasteiger partial charge is 0.222 e. The Morgan fingerprint density at radius 2 is 1.70 bits per heavy atom.